The number of hydrogen-bond donors (Lipinski definition) is 2. The lowest BCUT2D eigenvalue weighted by Gasteiger charge is -2.37. The van der Waals surface area contributed by atoms with Crippen LogP contribution in [0.15, 0.2) is 30.7 Å². The number of nitrogens with zero attached hydrogens (tertiary/aromatic N) is 5. The molecule has 0 unspecified atom stereocenters. The second-order valence-corrected chi connectivity index (χ2v) is 9.90. The first-order valence-corrected chi connectivity index (χ1v) is 12.1. The zero-order chi connectivity index (χ0) is 24.1. The fourth-order valence-corrected chi connectivity index (χ4v) is 5.41. The molecule has 10 nitrogen and oxygen atoms in total. The van der Waals surface area contributed by atoms with E-state index < -0.39 is 6.04 Å². The summed E-state index contributed by atoms with van der Waals surface area (Å²) in [6, 6.07) is 5.32. The van der Waals surface area contributed by atoms with Gasteiger partial charge in [-0.15, -0.1) is 11.3 Å². The number of rotatable bonds is 6. The molecular formula is C24H21N7O3S. The second-order valence-electron chi connectivity index (χ2n) is 8.85. The van der Waals surface area contributed by atoms with E-state index in [2.05, 4.69) is 26.3 Å². The van der Waals surface area contributed by atoms with E-state index in [4.69, 9.17) is 15.0 Å². The molecule has 2 amide bonds. The number of aromatic amines is 1. The monoisotopic (exact) mass is 487 g/mol. The van der Waals surface area contributed by atoms with E-state index in [0.717, 1.165) is 33.7 Å². The molecule has 1 aliphatic carbocycles. The second kappa shape index (κ2) is 8.32. The van der Waals surface area contributed by atoms with Crippen molar-refractivity contribution in [3.05, 3.63) is 36.3 Å². The number of nitrogens with one attached hydrogen (secondary N) is 2. The first kappa shape index (κ1) is 21.5. The first-order valence-electron chi connectivity index (χ1n) is 11.3. The molecular weight excluding hydrogens is 466 g/mol. The lowest BCUT2D eigenvalue weighted by Crippen LogP contribution is -2.57. The van der Waals surface area contributed by atoms with Crippen LogP contribution in [-0.4, -0.2) is 62.9 Å². The van der Waals surface area contributed by atoms with Crippen LogP contribution in [0.3, 0.4) is 0 Å². The van der Waals surface area contributed by atoms with Crippen LogP contribution in [0.2, 0.25) is 0 Å². The van der Waals surface area contributed by atoms with Crippen molar-refractivity contribution in [3.63, 3.8) is 0 Å². The predicted molar refractivity (Wildman–Crippen MR) is 129 cm³/mol. The Morgan fingerprint density at radius 1 is 1.34 bits per heavy atom. The maximum absolute atomic E-state index is 13.2. The number of ether oxygens (including phenoxy) is 1. The third-order valence-electron chi connectivity index (χ3n) is 6.50. The van der Waals surface area contributed by atoms with Crippen LogP contribution >= 0.6 is 11.3 Å². The molecule has 176 valence electrons. The van der Waals surface area contributed by atoms with Gasteiger partial charge >= 0.3 is 0 Å². The van der Waals surface area contributed by atoms with Gasteiger partial charge in [-0.25, -0.2) is 9.97 Å². The molecule has 0 spiro atoms. The number of amides is 2. The molecule has 5 heterocycles. The minimum atomic E-state index is -0.593. The molecule has 1 saturated carbocycles. The molecule has 2 aliphatic rings. The van der Waals surface area contributed by atoms with E-state index in [0.29, 0.717) is 35.5 Å². The maximum atomic E-state index is 13.2. The van der Waals surface area contributed by atoms with Crippen LogP contribution in [0.25, 0.3) is 32.0 Å². The molecule has 2 fully saturated rings. The van der Waals surface area contributed by atoms with E-state index >= 15 is 0 Å². The minimum Gasteiger partial charge on any atom is -0.495 e. The van der Waals surface area contributed by atoms with Gasteiger partial charge in [0.1, 0.15) is 17.3 Å². The number of carbonyl (C=O) groups is 2. The lowest BCUT2D eigenvalue weighted by molar-refractivity contribution is -0.138. The van der Waals surface area contributed by atoms with Crippen molar-refractivity contribution >= 4 is 44.5 Å². The number of nitriles is 1. The number of hydrogen-bond acceptors (Lipinski definition) is 8. The lowest BCUT2D eigenvalue weighted by atomic mass is 9.99. The largest absolute Gasteiger partial charge is 0.495 e. The van der Waals surface area contributed by atoms with E-state index in [1.54, 1.807) is 30.6 Å². The predicted octanol–water partition coefficient (Wildman–Crippen LogP) is 2.73. The SMILES string of the molecule is COc1ccnc2cc(-c3cnc4[nH]cc(C(=O)N[C@H](C(=O)N5CC(C#N)C5)C5CC5)c4n3)sc12. The molecule has 6 rings (SSSR count). The molecule has 4 aromatic rings. The summed E-state index contributed by atoms with van der Waals surface area (Å²) in [5, 5.41) is 11.9. The van der Waals surface area contributed by atoms with Gasteiger partial charge in [-0.05, 0) is 30.9 Å². The fraction of sp³-hybridized carbons (Fsp3) is 0.333. The molecule has 2 N–H and O–H groups in total. The van der Waals surface area contributed by atoms with Gasteiger partial charge in [-0.2, -0.15) is 5.26 Å². The van der Waals surface area contributed by atoms with E-state index in [1.807, 2.05) is 12.1 Å². The van der Waals surface area contributed by atoms with Gasteiger partial charge in [0.25, 0.3) is 5.91 Å². The summed E-state index contributed by atoms with van der Waals surface area (Å²) in [5.41, 5.74) is 2.68. The Balaban J connectivity index is 1.28. The number of aromatic nitrogens is 4. The van der Waals surface area contributed by atoms with Gasteiger partial charge in [-0.3, -0.25) is 14.6 Å². The molecule has 0 radical (unpaired) electrons. The van der Waals surface area contributed by atoms with Gasteiger partial charge in [0.2, 0.25) is 5.91 Å². The summed E-state index contributed by atoms with van der Waals surface area (Å²) in [6.07, 6.45) is 6.72. The highest BCUT2D eigenvalue weighted by Gasteiger charge is 2.43. The quantitative estimate of drug-likeness (QED) is 0.427. The van der Waals surface area contributed by atoms with Crippen molar-refractivity contribution in [1.82, 2.24) is 30.2 Å². The van der Waals surface area contributed by atoms with Crippen LogP contribution in [0.1, 0.15) is 23.2 Å². The first-order chi connectivity index (χ1) is 17.1. The third-order valence-corrected chi connectivity index (χ3v) is 7.66. The van der Waals surface area contributed by atoms with Crippen molar-refractivity contribution in [1.29, 1.82) is 5.26 Å². The molecule has 4 aromatic heterocycles. The molecule has 1 saturated heterocycles. The fourth-order valence-electron chi connectivity index (χ4n) is 4.35. The third kappa shape index (κ3) is 3.76. The number of likely N-dealkylation sites (tertiary alicyclic amines) is 1. The topological polar surface area (TPSA) is 137 Å². The van der Waals surface area contributed by atoms with Gasteiger partial charge < -0.3 is 19.9 Å². The van der Waals surface area contributed by atoms with E-state index in [1.165, 1.54) is 11.3 Å². The smallest absolute Gasteiger partial charge is 0.255 e. The van der Waals surface area contributed by atoms with E-state index in [9.17, 15) is 9.59 Å². The average molecular weight is 488 g/mol. The Morgan fingerprint density at radius 3 is 2.91 bits per heavy atom. The summed E-state index contributed by atoms with van der Waals surface area (Å²) in [6.45, 7) is 0.844. The van der Waals surface area contributed by atoms with Crippen molar-refractivity contribution in [2.24, 2.45) is 11.8 Å². The summed E-state index contributed by atoms with van der Waals surface area (Å²) >= 11 is 1.49. The highest BCUT2D eigenvalue weighted by Crippen LogP contribution is 2.37. The molecule has 11 heteroatoms. The number of H-pyrrole nitrogens is 1. The summed E-state index contributed by atoms with van der Waals surface area (Å²) in [4.78, 5) is 45.3. The van der Waals surface area contributed by atoms with Crippen molar-refractivity contribution < 1.29 is 14.3 Å². The van der Waals surface area contributed by atoms with Crippen LogP contribution < -0.4 is 10.1 Å². The normalized spacial score (nSPS) is 16.6. The number of methoxy groups -OCH3 is 1. The zero-order valence-electron chi connectivity index (χ0n) is 18.8. The van der Waals surface area contributed by atoms with Crippen LogP contribution in [-0.2, 0) is 4.79 Å². The van der Waals surface area contributed by atoms with Gasteiger partial charge in [-0.1, -0.05) is 0 Å². The molecule has 0 aromatic carbocycles. The number of fused-ring (bicyclic) bond motifs is 2. The van der Waals surface area contributed by atoms with Gasteiger partial charge in [0.05, 0.1) is 51.6 Å². The van der Waals surface area contributed by atoms with Crippen molar-refractivity contribution in [2.45, 2.75) is 18.9 Å². The standard InChI is InChI=1S/C24H21N7O3S/c1-34-17-4-5-26-15-6-18(35-21(15)17)16-9-28-22-20(29-16)14(8-27-22)23(32)30-19(13-2-3-13)24(33)31-10-12(7-25)11-31/h4-6,8-9,12-13,19H,2-3,10-11H2,1H3,(H,27,28)(H,30,32)/t19-/m0/s1. The van der Waals surface area contributed by atoms with Gasteiger partial charge in [0.15, 0.2) is 5.65 Å². The van der Waals surface area contributed by atoms with Crippen LogP contribution in [0.5, 0.6) is 5.75 Å². The molecule has 1 atom stereocenters. The Kier molecular flexibility index (Phi) is 5.11. The van der Waals surface area contributed by atoms with Crippen LogP contribution in [0, 0.1) is 23.2 Å². The highest BCUT2D eigenvalue weighted by atomic mass is 32.1. The number of thiophene rings is 1. The highest BCUT2D eigenvalue weighted by molar-refractivity contribution is 7.22. The van der Waals surface area contributed by atoms with Crippen molar-refractivity contribution in [3.8, 4) is 22.4 Å². The Morgan fingerprint density at radius 2 is 2.17 bits per heavy atom. The Hall–Kier alpha value is -4.04. The van der Waals surface area contributed by atoms with Crippen LogP contribution in [0.4, 0.5) is 0 Å². The maximum Gasteiger partial charge on any atom is 0.255 e. The Labute approximate surface area is 204 Å². The molecule has 1 aliphatic heterocycles. The number of carbonyl (C=O) groups excluding carboxylic acids is 2. The van der Waals surface area contributed by atoms with Crippen molar-refractivity contribution in [2.75, 3.05) is 20.2 Å². The van der Waals surface area contributed by atoms with E-state index in [-0.39, 0.29) is 23.7 Å². The molecule has 35 heavy (non-hydrogen) atoms. The average Bonchev–Trinajstić information content (AvgIpc) is 3.43. The number of pyridine rings is 1. The summed E-state index contributed by atoms with van der Waals surface area (Å²) in [5.74, 6) is 0.248. The Bertz CT molecular complexity index is 1510. The minimum absolute atomic E-state index is 0.120. The zero-order valence-corrected chi connectivity index (χ0v) is 19.6. The summed E-state index contributed by atoms with van der Waals surface area (Å²) in [7, 11) is 1.62. The molecule has 0 bridgehead atoms. The van der Waals surface area contributed by atoms with Gasteiger partial charge in [0, 0.05) is 25.5 Å². The summed E-state index contributed by atoms with van der Waals surface area (Å²) < 4.78 is 6.35.